The van der Waals surface area contributed by atoms with Crippen LogP contribution in [-0.2, 0) is 17.5 Å². The fourth-order valence-electron chi connectivity index (χ4n) is 3.21. The Hall–Kier alpha value is -3.47. The molecule has 0 unspecified atom stereocenters. The minimum Gasteiger partial charge on any atom is -0.457 e. The maximum atomic E-state index is 13.3. The van der Waals surface area contributed by atoms with Crippen LogP contribution in [0.2, 0.25) is 0 Å². The standard InChI is InChI=1S/C23H18BrF3N4O3/c24-16-3-6-19(18(9-16)23(25,26)27)34-17-4-1-14(2-5-17)10-30-21(33)22(7-8-22)31-20(32)15-11-28-13-29-12-15/h1-6,9,11-13H,7-8,10H2,(H,30,33)(H,31,32). The molecule has 4 rings (SSSR count). The highest BCUT2D eigenvalue weighted by Crippen LogP contribution is 2.39. The third-order valence-corrected chi connectivity index (χ3v) is 5.70. The van der Waals surface area contributed by atoms with Gasteiger partial charge in [0.05, 0.1) is 11.1 Å². The predicted octanol–water partition coefficient (Wildman–Crippen LogP) is 4.63. The van der Waals surface area contributed by atoms with Crippen molar-refractivity contribution in [3.63, 3.8) is 0 Å². The van der Waals surface area contributed by atoms with Crippen LogP contribution < -0.4 is 15.4 Å². The summed E-state index contributed by atoms with van der Waals surface area (Å²) < 4.78 is 45.6. The SMILES string of the molecule is O=C(NC1(C(=O)NCc2ccc(Oc3ccc(Br)cc3C(F)(F)F)cc2)CC1)c1cncnc1. The fraction of sp³-hybridized carbons (Fsp3) is 0.217. The van der Waals surface area contributed by atoms with Gasteiger partial charge < -0.3 is 15.4 Å². The third-order valence-electron chi connectivity index (χ3n) is 5.21. The summed E-state index contributed by atoms with van der Waals surface area (Å²) in [4.78, 5) is 32.5. The van der Waals surface area contributed by atoms with Crippen LogP contribution in [-0.4, -0.2) is 27.3 Å². The van der Waals surface area contributed by atoms with Gasteiger partial charge in [-0.1, -0.05) is 28.1 Å². The van der Waals surface area contributed by atoms with E-state index in [1.54, 1.807) is 12.1 Å². The zero-order valence-electron chi connectivity index (χ0n) is 17.5. The molecule has 0 saturated heterocycles. The van der Waals surface area contributed by atoms with Crippen LogP contribution in [0.3, 0.4) is 0 Å². The quantitative estimate of drug-likeness (QED) is 0.461. The number of alkyl halides is 3. The van der Waals surface area contributed by atoms with E-state index in [2.05, 4.69) is 36.5 Å². The van der Waals surface area contributed by atoms with Gasteiger partial charge in [-0.05, 0) is 48.7 Å². The van der Waals surface area contributed by atoms with E-state index < -0.39 is 23.2 Å². The first-order valence-corrected chi connectivity index (χ1v) is 10.9. The smallest absolute Gasteiger partial charge is 0.420 e. The lowest BCUT2D eigenvalue weighted by Crippen LogP contribution is -2.48. The van der Waals surface area contributed by atoms with Crippen molar-refractivity contribution >= 4 is 27.7 Å². The average molecular weight is 535 g/mol. The second kappa shape index (κ2) is 9.41. The number of amides is 2. The lowest BCUT2D eigenvalue weighted by Gasteiger charge is -2.17. The minimum absolute atomic E-state index is 0.178. The molecule has 2 N–H and O–H groups in total. The molecule has 2 amide bonds. The Labute approximate surface area is 200 Å². The molecule has 7 nitrogen and oxygen atoms in total. The van der Waals surface area contributed by atoms with E-state index >= 15 is 0 Å². The van der Waals surface area contributed by atoms with Gasteiger partial charge in [0.25, 0.3) is 5.91 Å². The zero-order valence-corrected chi connectivity index (χ0v) is 19.1. The molecule has 0 spiro atoms. The summed E-state index contributed by atoms with van der Waals surface area (Å²) in [5.74, 6) is -0.838. The molecule has 0 bridgehead atoms. The van der Waals surface area contributed by atoms with E-state index in [1.165, 1.54) is 43.0 Å². The van der Waals surface area contributed by atoms with E-state index in [9.17, 15) is 22.8 Å². The van der Waals surface area contributed by atoms with Crippen molar-refractivity contribution in [2.24, 2.45) is 0 Å². The van der Waals surface area contributed by atoms with Crippen molar-refractivity contribution in [2.75, 3.05) is 0 Å². The zero-order chi connectivity index (χ0) is 24.3. The van der Waals surface area contributed by atoms with Crippen molar-refractivity contribution in [3.8, 4) is 11.5 Å². The van der Waals surface area contributed by atoms with Crippen molar-refractivity contribution in [1.29, 1.82) is 0 Å². The van der Waals surface area contributed by atoms with Gasteiger partial charge in [0.2, 0.25) is 5.91 Å². The normalized spacial score (nSPS) is 14.2. The molecule has 3 aromatic rings. The minimum atomic E-state index is -4.56. The predicted molar refractivity (Wildman–Crippen MR) is 119 cm³/mol. The highest BCUT2D eigenvalue weighted by Gasteiger charge is 2.51. The van der Waals surface area contributed by atoms with Crippen molar-refractivity contribution in [2.45, 2.75) is 31.1 Å². The summed E-state index contributed by atoms with van der Waals surface area (Å²) >= 11 is 3.04. The lowest BCUT2D eigenvalue weighted by molar-refractivity contribution is -0.138. The summed E-state index contributed by atoms with van der Waals surface area (Å²) in [5, 5.41) is 5.51. The van der Waals surface area contributed by atoms with Gasteiger partial charge in [-0.2, -0.15) is 13.2 Å². The van der Waals surface area contributed by atoms with E-state index in [0.29, 0.717) is 22.9 Å². The van der Waals surface area contributed by atoms with E-state index in [4.69, 9.17) is 4.74 Å². The first kappa shape index (κ1) is 23.7. The molecule has 0 aliphatic heterocycles. The molecule has 0 atom stereocenters. The van der Waals surface area contributed by atoms with Crippen molar-refractivity contribution < 1.29 is 27.5 Å². The first-order chi connectivity index (χ1) is 16.2. The number of hydrogen-bond acceptors (Lipinski definition) is 5. The Morgan fingerprint density at radius 3 is 2.35 bits per heavy atom. The Bertz CT molecular complexity index is 1200. The van der Waals surface area contributed by atoms with Gasteiger partial charge >= 0.3 is 6.18 Å². The monoisotopic (exact) mass is 534 g/mol. The molecule has 176 valence electrons. The van der Waals surface area contributed by atoms with Crippen molar-refractivity contribution in [3.05, 3.63) is 82.3 Å². The van der Waals surface area contributed by atoms with Crippen LogP contribution in [0.25, 0.3) is 0 Å². The second-order valence-electron chi connectivity index (χ2n) is 7.73. The number of carbonyl (C=O) groups is 2. The summed E-state index contributed by atoms with van der Waals surface area (Å²) in [5.41, 5.74) is -0.884. The molecular weight excluding hydrogens is 517 g/mol. The van der Waals surface area contributed by atoms with Crippen molar-refractivity contribution in [1.82, 2.24) is 20.6 Å². The lowest BCUT2D eigenvalue weighted by atomic mass is 10.1. The van der Waals surface area contributed by atoms with Crippen LogP contribution >= 0.6 is 15.9 Å². The number of ether oxygens (including phenoxy) is 1. The Morgan fingerprint density at radius 2 is 1.74 bits per heavy atom. The number of rotatable bonds is 7. The van der Waals surface area contributed by atoms with Gasteiger partial charge in [-0.25, -0.2) is 9.97 Å². The number of carbonyl (C=O) groups excluding carboxylic acids is 2. The molecule has 1 fully saturated rings. The molecule has 1 aliphatic carbocycles. The van der Waals surface area contributed by atoms with Crippen LogP contribution in [0, 0.1) is 0 Å². The van der Waals surface area contributed by atoms with Crippen LogP contribution in [0.4, 0.5) is 13.2 Å². The number of benzene rings is 2. The number of nitrogens with one attached hydrogen (secondary N) is 2. The van der Waals surface area contributed by atoms with Crippen LogP contribution in [0.15, 0.2) is 65.7 Å². The van der Waals surface area contributed by atoms with E-state index in [-0.39, 0.29) is 29.5 Å². The third kappa shape index (κ3) is 5.53. The molecule has 0 radical (unpaired) electrons. The Morgan fingerprint density at radius 1 is 1.06 bits per heavy atom. The molecule has 11 heteroatoms. The molecular formula is C23H18BrF3N4O3. The maximum Gasteiger partial charge on any atom is 0.420 e. The highest BCUT2D eigenvalue weighted by molar-refractivity contribution is 9.10. The first-order valence-electron chi connectivity index (χ1n) is 10.2. The summed E-state index contributed by atoms with van der Waals surface area (Å²) in [6.07, 6.45) is 0.503. The van der Waals surface area contributed by atoms with E-state index in [1.807, 2.05) is 0 Å². The van der Waals surface area contributed by atoms with Gasteiger partial charge in [-0.15, -0.1) is 0 Å². The topological polar surface area (TPSA) is 93.2 Å². The second-order valence-corrected chi connectivity index (χ2v) is 8.65. The summed E-state index contributed by atoms with van der Waals surface area (Å²) in [6.45, 7) is 0.178. The Balaban J connectivity index is 1.35. The summed E-state index contributed by atoms with van der Waals surface area (Å²) in [7, 11) is 0. The molecule has 1 aliphatic rings. The number of hydrogen-bond donors (Lipinski definition) is 2. The van der Waals surface area contributed by atoms with Gasteiger partial charge in [-0.3, -0.25) is 9.59 Å². The van der Waals surface area contributed by atoms with E-state index in [0.717, 1.165) is 6.07 Å². The van der Waals surface area contributed by atoms with Gasteiger partial charge in [0.15, 0.2) is 0 Å². The molecule has 34 heavy (non-hydrogen) atoms. The molecule has 1 aromatic heterocycles. The van der Waals surface area contributed by atoms with Gasteiger partial charge in [0.1, 0.15) is 23.4 Å². The number of nitrogens with zero attached hydrogens (tertiary/aromatic N) is 2. The largest absolute Gasteiger partial charge is 0.457 e. The maximum absolute atomic E-state index is 13.3. The number of aromatic nitrogens is 2. The molecule has 1 saturated carbocycles. The number of halogens is 4. The Kier molecular flexibility index (Phi) is 6.56. The highest BCUT2D eigenvalue weighted by atomic mass is 79.9. The average Bonchev–Trinajstić information content (AvgIpc) is 3.60. The molecule has 1 heterocycles. The van der Waals surface area contributed by atoms with Crippen LogP contribution in [0.1, 0.15) is 34.3 Å². The summed E-state index contributed by atoms with van der Waals surface area (Å²) in [6, 6.07) is 9.98. The fourth-order valence-corrected chi connectivity index (χ4v) is 3.57. The molecule has 2 aromatic carbocycles. The van der Waals surface area contributed by atoms with Crippen LogP contribution in [0.5, 0.6) is 11.5 Å². The van der Waals surface area contributed by atoms with Gasteiger partial charge in [0, 0.05) is 23.4 Å².